The largest absolute Gasteiger partial charge is 0.272 e. The Morgan fingerprint density at radius 3 is 2.62 bits per heavy atom. The molecule has 1 fully saturated rings. The number of aromatic nitrogens is 5. The minimum Gasteiger partial charge on any atom is -0.272 e. The lowest BCUT2D eigenvalue weighted by molar-refractivity contribution is 0.731. The fraction of sp³-hybridized carbons (Fsp3) is 0.545. The molecule has 16 heavy (non-hydrogen) atoms. The van der Waals surface area contributed by atoms with Crippen molar-refractivity contribution in [3.8, 4) is 11.4 Å². The smallest absolute Gasteiger partial charge is 0.184 e. The van der Waals surface area contributed by atoms with Gasteiger partial charge < -0.3 is 0 Å². The van der Waals surface area contributed by atoms with Crippen molar-refractivity contribution < 1.29 is 0 Å². The molecular formula is C11H15N5. The van der Waals surface area contributed by atoms with E-state index in [1.807, 2.05) is 25.6 Å². The van der Waals surface area contributed by atoms with Gasteiger partial charge in [-0.15, -0.1) is 0 Å². The zero-order valence-electron chi connectivity index (χ0n) is 9.78. The van der Waals surface area contributed by atoms with Crippen LogP contribution >= 0.6 is 0 Å². The zero-order chi connectivity index (χ0) is 11.3. The van der Waals surface area contributed by atoms with Gasteiger partial charge in [-0.05, 0) is 26.7 Å². The van der Waals surface area contributed by atoms with Crippen LogP contribution in [0.15, 0.2) is 0 Å². The molecule has 5 heteroatoms. The summed E-state index contributed by atoms with van der Waals surface area (Å²) < 4.78 is 1.87. The highest BCUT2D eigenvalue weighted by atomic mass is 15.3. The maximum atomic E-state index is 4.56. The molecule has 0 unspecified atom stereocenters. The maximum Gasteiger partial charge on any atom is 0.184 e. The summed E-state index contributed by atoms with van der Waals surface area (Å²) in [6, 6.07) is 0. The first-order chi connectivity index (χ1) is 7.66. The molecule has 1 N–H and O–H groups in total. The summed E-state index contributed by atoms with van der Waals surface area (Å²) >= 11 is 0. The molecule has 0 amide bonds. The van der Waals surface area contributed by atoms with Crippen molar-refractivity contribution in [2.45, 2.75) is 32.6 Å². The Morgan fingerprint density at radius 2 is 2.06 bits per heavy atom. The fourth-order valence-electron chi connectivity index (χ4n) is 2.02. The van der Waals surface area contributed by atoms with Gasteiger partial charge in [-0.2, -0.15) is 10.2 Å². The molecule has 84 valence electrons. The van der Waals surface area contributed by atoms with Crippen LogP contribution in [0, 0.1) is 13.8 Å². The van der Waals surface area contributed by atoms with Gasteiger partial charge in [0.2, 0.25) is 0 Å². The van der Waals surface area contributed by atoms with E-state index < -0.39 is 0 Å². The molecule has 0 radical (unpaired) electrons. The van der Waals surface area contributed by atoms with Crippen LogP contribution in [0.5, 0.6) is 0 Å². The number of H-pyrrole nitrogens is 1. The summed E-state index contributed by atoms with van der Waals surface area (Å²) in [5, 5.41) is 11.7. The van der Waals surface area contributed by atoms with Crippen LogP contribution in [-0.4, -0.2) is 25.0 Å². The summed E-state index contributed by atoms with van der Waals surface area (Å²) in [6.07, 6.45) is 2.47. The van der Waals surface area contributed by atoms with E-state index in [0.29, 0.717) is 5.92 Å². The quantitative estimate of drug-likeness (QED) is 0.832. The molecule has 0 bridgehead atoms. The second kappa shape index (κ2) is 3.17. The van der Waals surface area contributed by atoms with Crippen LogP contribution in [-0.2, 0) is 7.05 Å². The molecule has 0 saturated heterocycles. The molecule has 2 heterocycles. The molecule has 3 rings (SSSR count). The van der Waals surface area contributed by atoms with Gasteiger partial charge in [0.1, 0.15) is 5.82 Å². The van der Waals surface area contributed by atoms with E-state index in [0.717, 1.165) is 28.6 Å². The zero-order valence-corrected chi connectivity index (χ0v) is 9.78. The van der Waals surface area contributed by atoms with Gasteiger partial charge in [0.25, 0.3) is 0 Å². The average Bonchev–Trinajstić information content (AvgIpc) is 2.93. The first-order valence-corrected chi connectivity index (χ1v) is 5.59. The van der Waals surface area contributed by atoms with Crippen LogP contribution < -0.4 is 0 Å². The van der Waals surface area contributed by atoms with Gasteiger partial charge in [-0.25, -0.2) is 4.98 Å². The lowest BCUT2D eigenvalue weighted by atomic mass is 10.2. The van der Waals surface area contributed by atoms with Gasteiger partial charge in [0.05, 0.1) is 11.3 Å². The molecule has 5 nitrogen and oxygen atoms in total. The third-order valence-corrected chi connectivity index (χ3v) is 3.20. The number of nitrogens with one attached hydrogen (secondary N) is 1. The lowest BCUT2D eigenvalue weighted by Crippen LogP contribution is -1.93. The Bertz CT molecular complexity index is 533. The number of rotatable bonds is 2. The number of hydrogen-bond donors (Lipinski definition) is 1. The minimum atomic E-state index is 0.610. The molecule has 0 aliphatic heterocycles. The standard InChI is InChI=1S/C11H15N5/c1-6-9(7(2)16(3)15-6)11-12-10(13-14-11)8-4-5-8/h8H,4-5H2,1-3H3,(H,12,13,14). The monoisotopic (exact) mass is 217 g/mol. The van der Waals surface area contributed by atoms with E-state index >= 15 is 0 Å². The van der Waals surface area contributed by atoms with Crippen molar-refractivity contribution in [3.05, 3.63) is 17.2 Å². The SMILES string of the molecule is Cc1nn(C)c(C)c1-c1n[nH]c(C2CC2)n1. The molecule has 1 saturated carbocycles. The van der Waals surface area contributed by atoms with E-state index in [-0.39, 0.29) is 0 Å². The molecule has 2 aromatic heterocycles. The first kappa shape index (κ1) is 9.57. The summed E-state index contributed by atoms with van der Waals surface area (Å²) in [4.78, 5) is 4.56. The molecule has 1 aliphatic carbocycles. The number of aryl methyl sites for hydroxylation is 2. The molecule has 1 aliphatic rings. The van der Waals surface area contributed by atoms with Crippen LogP contribution in [0.3, 0.4) is 0 Å². The summed E-state index contributed by atoms with van der Waals surface area (Å²) in [7, 11) is 1.94. The van der Waals surface area contributed by atoms with E-state index in [1.54, 1.807) is 0 Å². The van der Waals surface area contributed by atoms with Crippen molar-refractivity contribution in [2.24, 2.45) is 7.05 Å². The van der Waals surface area contributed by atoms with Gasteiger partial charge in [0, 0.05) is 18.7 Å². The highest BCUT2D eigenvalue weighted by molar-refractivity contribution is 5.61. The van der Waals surface area contributed by atoms with Crippen LogP contribution in [0.4, 0.5) is 0 Å². The van der Waals surface area contributed by atoms with Crippen LogP contribution in [0.25, 0.3) is 11.4 Å². The van der Waals surface area contributed by atoms with Crippen LogP contribution in [0.1, 0.15) is 36.0 Å². The van der Waals surface area contributed by atoms with E-state index in [9.17, 15) is 0 Å². The molecular weight excluding hydrogens is 202 g/mol. The lowest BCUT2D eigenvalue weighted by Gasteiger charge is -1.95. The number of aromatic amines is 1. The fourth-order valence-corrected chi connectivity index (χ4v) is 2.02. The second-order valence-electron chi connectivity index (χ2n) is 4.49. The maximum absolute atomic E-state index is 4.56. The Kier molecular flexibility index (Phi) is 1.89. The van der Waals surface area contributed by atoms with Gasteiger partial charge in [0.15, 0.2) is 5.82 Å². The van der Waals surface area contributed by atoms with Crippen molar-refractivity contribution in [1.29, 1.82) is 0 Å². The summed E-state index contributed by atoms with van der Waals surface area (Å²) in [6.45, 7) is 4.04. The van der Waals surface area contributed by atoms with Crippen LogP contribution in [0.2, 0.25) is 0 Å². The molecule has 0 spiro atoms. The Labute approximate surface area is 93.9 Å². The van der Waals surface area contributed by atoms with E-state index in [2.05, 4.69) is 20.3 Å². The average molecular weight is 217 g/mol. The Hall–Kier alpha value is -1.65. The normalized spacial score (nSPS) is 15.7. The predicted molar refractivity (Wildman–Crippen MR) is 60.0 cm³/mol. The van der Waals surface area contributed by atoms with Crippen molar-refractivity contribution >= 4 is 0 Å². The highest BCUT2D eigenvalue weighted by Gasteiger charge is 2.28. The predicted octanol–water partition coefficient (Wildman–Crippen LogP) is 1.70. The molecule has 2 aromatic rings. The van der Waals surface area contributed by atoms with Gasteiger partial charge >= 0.3 is 0 Å². The molecule has 0 atom stereocenters. The summed E-state index contributed by atoms with van der Waals surface area (Å²) in [5.74, 6) is 2.42. The number of hydrogen-bond acceptors (Lipinski definition) is 3. The number of nitrogens with zero attached hydrogens (tertiary/aromatic N) is 4. The third-order valence-electron chi connectivity index (χ3n) is 3.20. The van der Waals surface area contributed by atoms with Gasteiger partial charge in [-0.1, -0.05) is 0 Å². The third kappa shape index (κ3) is 1.35. The van der Waals surface area contributed by atoms with E-state index in [4.69, 9.17) is 0 Å². The Balaban J connectivity index is 2.06. The Morgan fingerprint density at radius 1 is 1.31 bits per heavy atom. The summed E-state index contributed by atoms with van der Waals surface area (Å²) in [5.41, 5.74) is 3.16. The second-order valence-corrected chi connectivity index (χ2v) is 4.49. The minimum absolute atomic E-state index is 0.610. The molecule has 0 aromatic carbocycles. The van der Waals surface area contributed by atoms with E-state index in [1.165, 1.54) is 12.8 Å². The van der Waals surface area contributed by atoms with Crippen molar-refractivity contribution in [1.82, 2.24) is 25.0 Å². The van der Waals surface area contributed by atoms with Crippen molar-refractivity contribution in [3.63, 3.8) is 0 Å². The highest BCUT2D eigenvalue weighted by Crippen LogP contribution is 2.38. The topological polar surface area (TPSA) is 59.4 Å². The van der Waals surface area contributed by atoms with Crippen molar-refractivity contribution in [2.75, 3.05) is 0 Å². The van der Waals surface area contributed by atoms with Gasteiger partial charge in [-0.3, -0.25) is 9.78 Å². The first-order valence-electron chi connectivity index (χ1n) is 5.59.